The van der Waals surface area contributed by atoms with E-state index in [4.69, 9.17) is 0 Å². The van der Waals surface area contributed by atoms with Gasteiger partial charge in [-0.05, 0) is 6.42 Å². The molecule has 1 unspecified atom stereocenters. The summed E-state index contributed by atoms with van der Waals surface area (Å²) in [6, 6.07) is 0. The number of amides is 2. The highest BCUT2D eigenvalue weighted by molar-refractivity contribution is 5.92. The topological polar surface area (TPSA) is 49.4 Å². The fraction of sp³-hybridized carbons (Fsp3) is 0.667. The van der Waals surface area contributed by atoms with Crippen molar-refractivity contribution in [2.45, 2.75) is 12.8 Å². The molecular weight excluding hydrogens is 132 g/mol. The van der Waals surface area contributed by atoms with E-state index in [0.29, 0.717) is 13.0 Å². The van der Waals surface area contributed by atoms with Gasteiger partial charge < -0.3 is 0 Å². The van der Waals surface area contributed by atoms with E-state index in [1.54, 1.807) is 0 Å². The number of piperidine rings is 1. The van der Waals surface area contributed by atoms with Gasteiger partial charge in [-0.25, -0.2) is 0 Å². The minimum absolute atomic E-state index is 0.00542. The van der Waals surface area contributed by atoms with Crippen molar-refractivity contribution in [2.24, 2.45) is 5.92 Å². The molecule has 10 heavy (non-hydrogen) atoms. The van der Waals surface area contributed by atoms with Gasteiger partial charge in [-0.2, -0.15) is 0 Å². The molecule has 0 saturated carbocycles. The van der Waals surface area contributed by atoms with Gasteiger partial charge in [0.2, 0.25) is 11.8 Å². The molecule has 4 nitrogen and oxygen atoms in total. The van der Waals surface area contributed by atoms with E-state index >= 15 is 0 Å². The largest absolute Gasteiger partial charge is 0.273 e. The summed E-state index contributed by atoms with van der Waals surface area (Å²) in [4.78, 5) is 21.8. The van der Waals surface area contributed by atoms with Gasteiger partial charge in [0.05, 0.1) is 5.92 Å². The Hall–Kier alpha value is -1.06. The lowest BCUT2D eigenvalue weighted by Gasteiger charge is -2.37. The molecular formula is C6H8N2O2. The maximum atomic E-state index is 10.9. The standard InChI is InChI=1S/C6H8N2O2/c9-5-3-4-1-2-8(5)7-6(4)10/h4H,1-3H2,(H,7,10). The molecule has 2 amide bonds. The highest BCUT2D eigenvalue weighted by Gasteiger charge is 2.37. The van der Waals surface area contributed by atoms with E-state index in [-0.39, 0.29) is 17.7 Å². The SMILES string of the molecule is O=C1NN2CCC1CC2=O. The van der Waals surface area contributed by atoms with E-state index in [9.17, 15) is 9.59 Å². The van der Waals surface area contributed by atoms with Crippen LogP contribution < -0.4 is 5.43 Å². The Labute approximate surface area is 58.2 Å². The molecule has 0 aromatic rings. The third-order valence-electron chi connectivity index (χ3n) is 2.04. The Morgan fingerprint density at radius 1 is 1.50 bits per heavy atom. The maximum Gasteiger partial charge on any atom is 0.242 e. The van der Waals surface area contributed by atoms with E-state index in [2.05, 4.69) is 5.43 Å². The van der Waals surface area contributed by atoms with Crippen LogP contribution in [0.15, 0.2) is 0 Å². The summed E-state index contributed by atoms with van der Waals surface area (Å²) < 4.78 is 0. The smallest absolute Gasteiger partial charge is 0.242 e. The van der Waals surface area contributed by atoms with Gasteiger partial charge in [0.1, 0.15) is 0 Å². The summed E-state index contributed by atoms with van der Waals surface area (Å²) >= 11 is 0. The first-order valence-electron chi connectivity index (χ1n) is 3.38. The van der Waals surface area contributed by atoms with E-state index in [0.717, 1.165) is 6.42 Å². The van der Waals surface area contributed by atoms with Crippen LogP contribution in [0, 0.1) is 5.92 Å². The van der Waals surface area contributed by atoms with Gasteiger partial charge in [0, 0.05) is 13.0 Å². The number of fused-ring (bicyclic) bond motifs is 3. The Kier molecular flexibility index (Phi) is 0.977. The number of hydrogen-bond donors (Lipinski definition) is 1. The number of hydrogen-bond acceptors (Lipinski definition) is 2. The normalized spacial score (nSPS) is 30.8. The first-order chi connectivity index (χ1) is 4.77. The zero-order valence-corrected chi connectivity index (χ0v) is 5.46. The van der Waals surface area contributed by atoms with Crippen LogP contribution in [0.1, 0.15) is 12.8 Å². The highest BCUT2D eigenvalue weighted by Crippen LogP contribution is 2.21. The summed E-state index contributed by atoms with van der Waals surface area (Å²) in [5.74, 6) is 0.0131. The summed E-state index contributed by atoms with van der Waals surface area (Å²) in [5.41, 5.74) is 2.51. The van der Waals surface area contributed by atoms with E-state index < -0.39 is 0 Å². The molecule has 0 aromatic carbocycles. The van der Waals surface area contributed by atoms with Crippen LogP contribution in [0.2, 0.25) is 0 Å². The average molecular weight is 140 g/mol. The molecule has 3 rings (SSSR count). The zero-order valence-electron chi connectivity index (χ0n) is 5.46. The van der Waals surface area contributed by atoms with Crippen LogP contribution in [0.25, 0.3) is 0 Å². The highest BCUT2D eigenvalue weighted by atomic mass is 16.2. The van der Waals surface area contributed by atoms with Crippen molar-refractivity contribution in [3.63, 3.8) is 0 Å². The minimum Gasteiger partial charge on any atom is -0.273 e. The summed E-state index contributed by atoms with van der Waals surface area (Å²) in [5, 5.41) is 1.41. The third kappa shape index (κ3) is 0.616. The van der Waals surface area contributed by atoms with E-state index in [1.807, 2.05) is 0 Å². The number of carbonyl (C=O) groups excluding carboxylic acids is 2. The van der Waals surface area contributed by atoms with Crippen LogP contribution in [-0.2, 0) is 9.59 Å². The van der Waals surface area contributed by atoms with Gasteiger partial charge >= 0.3 is 0 Å². The lowest BCUT2D eigenvalue weighted by atomic mass is 9.94. The predicted molar refractivity (Wildman–Crippen MR) is 32.6 cm³/mol. The number of nitrogens with zero attached hydrogens (tertiary/aromatic N) is 1. The van der Waals surface area contributed by atoms with Crippen molar-refractivity contribution in [3.8, 4) is 0 Å². The Morgan fingerprint density at radius 2 is 2.30 bits per heavy atom. The van der Waals surface area contributed by atoms with Gasteiger partial charge in [-0.1, -0.05) is 0 Å². The fourth-order valence-corrected chi connectivity index (χ4v) is 1.40. The molecule has 0 spiro atoms. The lowest BCUT2D eigenvalue weighted by molar-refractivity contribution is -0.157. The molecule has 54 valence electrons. The van der Waals surface area contributed by atoms with Crippen molar-refractivity contribution < 1.29 is 9.59 Å². The molecule has 4 heteroatoms. The summed E-state index contributed by atoms with van der Waals surface area (Å²) in [6.07, 6.45) is 1.24. The van der Waals surface area contributed by atoms with Gasteiger partial charge in [-0.3, -0.25) is 20.0 Å². The Bertz CT molecular complexity index is 180. The van der Waals surface area contributed by atoms with Gasteiger partial charge in [-0.15, -0.1) is 0 Å². The number of rotatable bonds is 0. The molecule has 3 aliphatic heterocycles. The fourth-order valence-electron chi connectivity index (χ4n) is 1.40. The Morgan fingerprint density at radius 3 is 2.60 bits per heavy atom. The molecule has 3 aliphatic rings. The molecule has 1 N–H and O–H groups in total. The maximum absolute atomic E-state index is 10.9. The molecule has 3 heterocycles. The van der Waals surface area contributed by atoms with Crippen LogP contribution in [0.3, 0.4) is 0 Å². The molecule has 3 saturated heterocycles. The predicted octanol–water partition coefficient (Wildman–Crippen LogP) is -0.730. The van der Waals surface area contributed by atoms with Crippen molar-refractivity contribution in [1.29, 1.82) is 0 Å². The summed E-state index contributed by atoms with van der Waals surface area (Å²) in [7, 11) is 0. The first kappa shape index (κ1) is 5.70. The molecule has 2 bridgehead atoms. The second kappa shape index (κ2) is 1.71. The van der Waals surface area contributed by atoms with Gasteiger partial charge in [0.25, 0.3) is 0 Å². The van der Waals surface area contributed by atoms with Crippen LogP contribution in [0.5, 0.6) is 0 Å². The van der Waals surface area contributed by atoms with Crippen LogP contribution in [0.4, 0.5) is 0 Å². The minimum atomic E-state index is -0.0440. The monoisotopic (exact) mass is 140 g/mol. The molecule has 0 aliphatic carbocycles. The zero-order chi connectivity index (χ0) is 7.14. The Balaban J connectivity index is 2.23. The molecule has 0 aromatic heterocycles. The van der Waals surface area contributed by atoms with Crippen LogP contribution >= 0.6 is 0 Å². The quantitative estimate of drug-likeness (QED) is 0.482. The van der Waals surface area contributed by atoms with E-state index in [1.165, 1.54) is 5.01 Å². The average Bonchev–Trinajstić information content (AvgIpc) is 1.91. The second-order valence-electron chi connectivity index (χ2n) is 2.71. The molecule has 3 fully saturated rings. The summed E-state index contributed by atoms with van der Waals surface area (Å²) in [6.45, 7) is 0.690. The third-order valence-corrected chi connectivity index (χ3v) is 2.04. The molecule has 0 radical (unpaired) electrons. The van der Waals surface area contributed by atoms with Crippen LogP contribution in [-0.4, -0.2) is 23.4 Å². The van der Waals surface area contributed by atoms with Crippen molar-refractivity contribution >= 4 is 11.8 Å². The number of carbonyl (C=O) groups is 2. The first-order valence-corrected chi connectivity index (χ1v) is 3.38. The number of hydrazine groups is 1. The lowest BCUT2D eigenvalue weighted by Crippen LogP contribution is -2.59. The van der Waals surface area contributed by atoms with Crippen molar-refractivity contribution in [2.75, 3.05) is 6.54 Å². The van der Waals surface area contributed by atoms with Crippen molar-refractivity contribution in [3.05, 3.63) is 0 Å². The number of nitrogens with one attached hydrogen (secondary N) is 1. The van der Waals surface area contributed by atoms with Crippen molar-refractivity contribution in [1.82, 2.24) is 10.4 Å². The molecule has 1 atom stereocenters. The second-order valence-corrected chi connectivity index (χ2v) is 2.71. The van der Waals surface area contributed by atoms with Gasteiger partial charge in [0.15, 0.2) is 0 Å².